The number of hydrogen-bond donors (Lipinski definition) is 2. The van der Waals surface area contributed by atoms with Crippen molar-refractivity contribution >= 4 is 5.84 Å². The molecular formula is C8H14F3N3O. The second kappa shape index (κ2) is 4.26. The minimum absolute atomic E-state index is 0.0954. The zero-order valence-corrected chi connectivity index (χ0v) is 8.33. The van der Waals surface area contributed by atoms with Crippen LogP contribution in [0.1, 0.15) is 19.8 Å². The van der Waals surface area contributed by atoms with Gasteiger partial charge < -0.3 is 10.9 Å². The fraction of sp³-hybridized carbons (Fsp3) is 0.875. The Morgan fingerprint density at radius 1 is 1.60 bits per heavy atom. The molecule has 1 unspecified atom stereocenters. The summed E-state index contributed by atoms with van der Waals surface area (Å²) in [6, 6.07) is -0.786. The first-order valence-electron chi connectivity index (χ1n) is 4.65. The van der Waals surface area contributed by atoms with E-state index in [1.165, 1.54) is 11.8 Å². The number of hydrogen-bond acceptors (Lipinski definition) is 3. The van der Waals surface area contributed by atoms with Crippen molar-refractivity contribution < 1.29 is 18.4 Å². The van der Waals surface area contributed by atoms with E-state index in [1.54, 1.807) is 0 Å². The second-order valence-electron chi connectivity index (χ2n) is 3.72. The molecule has 0 aliphatic heterocycles. The average molecular weight is 225 g/mol. The molecule has 0 amide bonds. The quantitative estimate of drug-likeness (QED) is 0.326. The highest BCUT2D eigenvalue weighted by molar-refractivity contribution is 5.84. The molecule has 0 bridgehead atoms. The lowest BCUT2D eigenvalue weighted by molar-refractivity contribution is -0.149. The Morgan fingerprint density at radius 3 is 2.47 bits per heavy atom. The minimum Gasteiger partial charge on any atom is -0.409 e. The zero-order valence-electron chi connectivity index (χ0n) is 8.33. The lowest BCUT2D eigenvalue weighted by Crippen LogP contribution is -2.48. The third kappa shape index (κ3) is 3.58. The van der Waals surface area contributed by atoms with Crippen LogP contribution in [0, 0.1) is 0 Å². The van der Waals surface area contributed by atoms with Gasteiger partial charge in [-0.05, 0) is 19.8 Å². The molecule has 1 aliphatic carbocycles. The molecule has 0 spiro atoms. The van der Waals surface area contributed by atoms with Gasteiger partial charge in [-0.15, -0.1) is 0 Å². The molecule has 1 rings (SSSR count). The SMILES string of the molecule is CC(C(N)=NO)N(CC(F)(F)F)C1CC1. The van der Waals surface area contributed by atoms with E-state index in [9.17, 15) is 13.2 Å². The van der Waals surface area contributed by atoms with Crippen LogP contribution in [0.3, 0.4) is 0 Å². The van der Waals surface area contributed by atoms with Crippen molar-refractivity contribution in [1.82, 2.24) is 4.90 Å². The number of halogens is 3. The molecule has 0 saturated heterocycles. The summed E-state index contributed by atoms with van der Waals surface area (Å²) < 4.78 is 36.7. The van der Waals surface area contributed by atoms with E-state index >= 15 is 0 Å². The van der Waals surface area contributed by atoms with Gasteiger partial charge >= 0.3 is 6.18 Å². The van der Waals surface area contributed by atoms with Crippen LogP contribution in [0.5, 0.6) is 0 Å². The van der Waals surface area contributed by atoms with E-state index in [1.807, 2.05) is 0 Å². The van der Waals surface area contributed by atoms with Crippen LogP contribution in [0.25, 0.3) is 0 Å². The molecule has 1 fully saturated rings. The summed E-state index contributed by atoms with van der Waals surface area (Å²) in [5.74, 6) is -0.189. The Kier molecular flexibility index (Phi) is 3.43. The number of oxime groups is 1. The van der Waals surface area contributed by atoms with Crippen LogP contribution >= 0.6 is 0 Å². The Hall–Kier alpha value is -0.980. The van der Waals surface area contributed by atoms with Gasteiger partial charge in [-0.1, -0.05) is 5.16 Å². The lowest BCUT2D eigenvalue weighted by atomic mass is 10.2. The third-order valence-corrected chi connectivity index (χ3v) is 2.42. The molecule has 0 aromatic carbocycles. The highest BCUT2D eigenvalue weighted by atomic mass is 19.4. The standard InChI is InChI=1S/C8H14F3N3O/c1-5(7(12)13-15)14(6-2-3-6)4-8(9,10)11/h5-6,15H,2-4H2,1H3,(H2,12,13). The molecule has 0 radical (unpaired) electrons. The second-order valence-corrected chi connectivity index (χ2v) is 3.72. The van der Waals surface area contributed by atoms with Crippen LogP contribution in [-0.4, -0.2) is 40.7 Å². The van der Waals surface area contributed by atoms with E-state index in [2.05, 4.69) is 5.16 Å². The highest BCUT2D eigenvalue weighted by Gasteiger charge is 2.41. The van der Waals surface area contributed by atoms with Gasteiger partial charge in [-0.3, -0.25) is 4.90 Å². The molecule has 15 heavy (non-hydrogen) atoms. The van der Waals surface area contributed by atoms with Gasteiger partial charge in [0.25, 0.3) is 0 Å². The predicted octanol–water partition coefficient (Wildman–Crippen LogP) is 1.15. The molecule has 0 heterocycles. The first kappa shape index (κ1) is 12.1. The van der Waals surface area contributed by atoms with Gasteiger partial charge in [0, 0.05) is 6.04 Å². The van der Waals surface area contributed by atoms with E-state index in [0.717, 1.165) is 12.8 Å². The van der Waals surface area contributed by atoms with E-state index in [4.69, 9.17) is 10.9 Å². The fourth-order valence-corrected chi connectivity index (χ4v) is 1.45. The van der Waals surface area contributed by atoms with E-state index in [-0.39, 0.29) is 11.9 Å². The molecule has 1 saturated carbocycles. The maximum absolute atomic E-state index is 12.2. The molecular weight excluding hydrogens is 211 g/mol. The third-order valence-electron chi connectivity index (χ3n) is 2.42. The summed E-state index contributed by atoms with van der Waals surface area (Å²) in [7, 11) is 0. The van der Waals surface area contributed by atoms with Crippen LogP contribution in [0.4, 0.5) is 13.2 Å². The van der Waals surface area contributed by atoms with Crippen LogP contribution < -0.4 is 5.73 Å². The fourth-order valence-electron chi connectivity index (χ4n) is 1.45. The molecule has 0 aromatic heterocycles. The Bertz CT molecular complexity index is 250. The maximum Gasteiger partial charge on any atom is 0.401 e. The molecule has 88 valence electrons. The number of nitrogens with zero attached hydrogens (tertiary/aromatic N) is 2. The van der Waals surface area contributed by atoms with Crippen molar-refractivity contribution in [2.24, 2.45) is 10.9 Å². The van der Waals surface area contributed by atoms with Gasteiger partial charge in [0.05, 0.1) is 12.6 Å². The Balaban J connectivity index is 2.65. The molecule has 0 aromatic rings. The maximum atomic E-state index is 12.2. The predicted molar refractivity (Wildman–Crippen MR) is 48.7 cm³/mol. The summed E-state index contributed by atoms with van der Waals surface area (Å²) in [6.45, 7) is 0.480. The molecule has 1 atom stereocenters. The van der Waals surface area contributed by atoms with Crippen LogP contribution in [0.15, 0.2) is 5.16 Å². The largest absolute Gasteiger partial charge is 0.409 e. The number of amidine groups is 1. The smallest absolute Gasteiger partial charge is 0.401 e. The van der Waals surface area contributed by atoms with Crippen molar-refractivity contribution in [3.8, 4) is 0 Å². The van der Waals surface area contributed by atoms with Crippen molar-refractivity contribution in [2.75, 3.05) is 6.54 Å². The molecule has 7 heteroatoms. The topological polar surface area (TPSA) is 61.9 Å². The summed E-state index contributed by atoms with van der Waals surface area (Å²) in [6.07, 6.45) is -2.79. The monoisotopic (exact) mass is 225 g/mol. The highest BCUT2D eigenvalue weighted by Crippen LogP contribution is 2.31. The minimum atomic E-state index is -4.26. The Labute approximate surface area is 85.5 Å². The molecule has 1 aliphatic rings. The molecule has 3 N–H and O–H groups in total. The van der Waals surface area contributed by atoms with Crippen molar-refractivity contribution in [1.29, 1.82) is 0 Å². The zero-order chi connectivity index (χ0) is 11.6. The summed E-state index contributed by atoms with van der Waals surface area (Å²) in [5.41, 5.74) is 5.29. The van der Waals surface area contributed by atoms with Gasteiger partial charge in [0.15, 0.2) is 5.84 Å². The normalized spacial score (nSPS) is 20.7. The Morgan fingerprint density at radius 2 is 2.13 bits per heavy atom. The van der Waals surface area contributed by atoms with Gasteiger partial charge in [-0.2, -0.15) is 13.2 Å². The number of rotatable bonds is 4. The van der Waals surface area contributed by atoms with Crippen molar-refractivity contribution in [3.05, 3.63) is 0 Å². The van der Waals surface area contributed by atoms with Gasteiger partial charge in [0.2, 0.25) is 0 Å². The van der Waals surface area contributed by atoms with E-state index < -0.39 is 18.8 Å². The van der Waals surface area contributed by atoms with Crippen LogP contribution in [-0.2, 0) is 0 Å². The number of nitrogens with two attached hydrogens (primary N) is 1. The first-order valence-corrected chi connectivity index (χ1v) is 4.65. The van der Waals surface area contributed by atoms with Crippen LogP contribution in [0.2, 0.25) is 0 Å². The lowest BCUT2D eigenvalue weighted by Gasteiger charge is -2.28. The van der Waals surface area contributed by atoms with Crippen molar-refractivity contribution in [2.45, 2.75) is 38.0 Å². The van der Waals surface area contributed by atoms with Gasteiger partial charge in [0.1, 0.15) is 0 Å². The summed E-state index contributed by atoms with van der Waals surface area (Å²) in [5, 5.41) is 11.1. The first-order chi connectivity index (χ1) is 6.85. The molecule has 4 nitrogen and oxygen atoms in total. The summed E-state index contributed by atoms with van der Waals surface area (Å²) in [4.78, 5) is 1.22. The van der Waals surface area contributed by atoms with Crippen molar-refractivity contribution in [3.63, 3.8) is 0 Å². The van der Waals surface area contributed by atoms with E-state index in [0.29, 0.717) is 0 Å². The summed E-state index contributed by atoms with van der Waals surface area (Å²) >= 11 is 0. The van der Waals surface area contributed by atoms with Gasteiger partial charge in [-0.25, -0.2) is 0 Å². The average Bonchev–Trinajstić information content (AvgIpc) is 2.93. The number of alkyl halides is 3.